The summed E-state index contributed by atoms with van der Waals surface area (Å²) in [5.41, 5.74) is 2.09. The van der Waals surface area contributed by atoms with Crippen molar-refractivity contribution >= 4 is 11.6 Å². The lowest BCUT2D eigenvalue weighted by atomic mass is 9.90. The van der Waals surface area contributed by atoms with Gasteiger partial charge in [0.2, 0.25) is 5.91 Å². The van der Waals surface area contributed by atoms with Crippen LogP contribution in [-0.2, 0) is 4.79 Å². The van der Waals surface area contributed by atoms with E-state index in [-0.39, 0.29) is 24.5 Å². The summed E-state index contributed by atoms with van der Waals surface area (Å²) in [6.07, 6.45) is 1.54. The number of aliphatic hydroxyl groups excluding tert-OH is 1. The first kappa shape index (κ1) is 12.9. The average Bonchev–Trinajstić information content (AvgIpc) is 2.43. The molecular formula is C14H20N2O2. The van der Waals surface area contributed by atoms with Gasteiger partial charge in [0.1, 0.15) is 0 Å². The maximum absolute atomic E-state index is 12.2. The zero-order valence-corrected chi connectivity index (χ0v) is 10.6. The van der Waals surface area contributed by atoms with Gasteiger partial charge in [-0.15, -0.1) is 0 Å². The first-order valence-corrected chi connectivity index (χ1v) is 6.50. The largest absolute Gasteiger partial charge is 0.394 e. The molecule has 0 aromatic heterocycles. The lowest BCUT2D eigenvalue weighted by molar-refractivity contribution is -0.123. The smallest absolute Gasteiger partial charge is 0.227 e. The van der Waals surface area contributed by atoms with E-state index in [0.29, 0.717) is 0 Å². The molecule has 1 amide bonds. The number of nitrogens with one attached hydrogen (secondary N) is 2. The third-order valence-electron chi connectivity index (χ3n) is 3.46. The van der Waals surface area contributed by atoms with E-state index in [4.69, 9.17) is 5.11 Å². The highest BCUT2D eigenvalue weighted by atomic mass is 16.3. The third-order valence-corrected chi connectivity index (χ3v) is 3.46. The van der Waals surface area contributed by atoms with E-state index < -0.39 is 0 Å². The highest BCUT2D eigenvalue weighted by molar-refractivity contribution is 5.86. The van der Waals surface area contributed by atoms with Crippen molar-refractivity contribution in [3.63, 3.8) is 0 Å². The molecule has 0 fully saturated rings. The molecule has 0 bridgehead atoms. The van der Waals surface area contributed by atoms with Crippen LogP contribution in [0.5, 0.6) is 0 Å². The molecule has 1 aromatic rings. The van der Waals surface area contributed by atoms with Crippen molar-refractivity contribution in [3.8, 4) is 0 Å². The molecule has 0 saturated heterocycles. The molecule has 0 aliphatic carbocycles. The maximum atomic E-state index is 12.2. The zero-order chi connectivity index (χ0) is 13.0. The van der Waals surface area contributed by atoms with Gasteiger partial charge in [-0.3, -0.25) is 4.79 Å². The van der Waals surface area contributed by atoms with E-state index in [0.717, 1.165) is 30.6 Å². The molecule has 98 valence electrons. The Morgan fingerprint density at radius 2 is 2.33 bits per heavy atom. The highest BCUT2D eigenvalue weighted by Crippen LogP contribution is 2.31. The molecule has 0 saturated carbocycles. The summed E-state index contributed by atoms with van der Waals surface area (Å²) < 4.78 is 0. The van der Waals surface area contributed by atoms with Crippen molar-refractivity contribution < 1.29 is 9.90 Å². The second kappa shape index (κ2) is 5.87. The first-order valence-electron chi connectivity index (χ1n) is 6.50. The second-order valence-electron chi connectivity index (χ2n) is 4.65. The van der Waals surface area contributed by atoms with Crippen molar-refractivity contribution in [2.75, 3.05) is 18.5 Å². The summed E-state index contributed by atoms with van der Waals surface area (Å²) in [6.45, 7) is 2.76. The molecule has 1 aromatic carbocycles. The fraction of sp³-hybridized carbons (Fsp3) is 0.500. The summed E-state index contributed by atoms with van der Waals surface area (Å²) in [7, 11) is 0. The molecule has 0 spiro atoms. The second-order valence-corrected chi connectivity index (χ2v) is 4.65. The van der Waals surface area contributed by atoms with Crippen molar-refractivity contribution in [1.82, 2.24) is 5.32 Å². The molecule has 3 N–H and O–H groups in total. The number of rotatable bonds is 4. The number of hydrogen-bond acceptors (Lipinski definition) is 3. The number of benzene rings is 1. The Balaban J connectivity index is 2.12. The van der Waals surface area contributed by atoms with Gasteiger partial charge in [0.05, 0.1) is 18.6 Å². The fourth-order valence-electron chi connectivity index (χ4n) is 2.32. The molecule has 1 heterocycles. The average molecular weight is 248 g/mol. The maximum Gasteiger partial charge on any atom is 0.227 e. The van der Waals surface area contributed by atoms with Crippen molar-refractivity contribution in [2.45, 2.75) is 31.7 Å². The monoisotopic (exact) mass is 248 g/mol. The van der Waals surface area contributed by atoms with Crippen LogP contribution < -0.4 is 10.6 Å². The molecular weight excluding hydrogens is 228 g/mol. The number of aliphatic hydroxyl groups is 1. The molecule has 1 aliphatic rings. The van der Waals surface area contributed by atoms with Gasteiger partial charge < -0.3 is 15.7 Å². The molecule has 1 aliphatic heterocycles. The SMILES string of the molecule is CC[C@@H](CO)NC(=O)C1CCNc2ccccc21. The topological polar surface area (TPSA) is 61.4 Å². The van der Waals surface area contributed by atoms with Crippen molar-refractivity contribution in [3.05, 3.63) is 29.8 Å². The van der Waals surface area contributed by atoms with Crippen LogP contribution in [0.2, 0.25) is 0 Å². The Morgan fingerprint density at radius 1 is 1.56 bits per heavy atom. The van der Waals surface area contributed by atoms with Gasteiger partial charge in [-0.2, -0.15) is 0 Å². The van der Waals surface area contributed by atoms with Gasteiger partial charge >= 0.3 is 0 Å². The number of hydrogen-bond donors (Lipinski definition) is 3. The third kappa shape index (κ3) is 2.64. The summed E-state index contributed by atoms with van der Waals surface area (Å²) in [4.78, 5) is 12.2. The van der Waals surface area contributed by atoms with Gasteiger partial charge in [0.15, 0.2) is 0 Å². The first-order chi connectivity index (χ1) is 8.76. The zero-order valence-electron chi connectivity index (χ0n) is 10.6. The van der Waals surface area contributed by atoms with Crippen LogP contribution in [0.3, 0.4) is 0 Å². The summed E-state index contributed by atoms with van der Waals surface area (Å²) in [5.74, 6) is -0.0899. The lowest BCUT2D eigenvalue weighted by Gasteiger charge is -2.27. The summed E-state index contributed by atoms with van der Waals surface area (Å²) >= 11 is 0. The van der Waals surface area contributed by atoms with Gasteiger partial charge in [0.25, 0.3) is 0 Å². The van der Waals surface area contributed by atoms with Crippen LogP contribution in [0, 0.1) is 0 Å². The minimum absolute atomic E-state index is 0.00510. The predicted molar refractivity (Wildman–Crippen MR) is 71.6 cm³/mol. The highest BCUT2D eigenvalue weighted by Gasteiger charge is 2.27. The van der Waals surface area contributed by atoms with E-state index in [9.17, 15) is 4.79 Å². The standard InChI is InChI=1S/C14H20N2O2/c1-2-10(9-17)16-14(18)12-7-8-15-13-6-4-3-5-11(12)13/h3-6,10,12,15,17H,2,7-9H2,1H3,(H,16,18)/t10-,12?/m0/s1. The predicted octanol–water partition coefficient (Wildman–Crippen LogP) is 1.47. The molecule has 4 nitrogen and oxygen atoms in total. The quantitative estimate of drug-likeness (QED) is 0.756. The number of amides is 1. The minimum atomic E-state index is -0.139. The van der Waals surface area contributed by atoms with E-state index >= 15 is 0 Å². The molecule has 2 atom stereocenters. The molecule has 0 radical (unpaired) electrons. The Bertz CT molecular complexity index is 416. The molecule has 18 heavy (non-hydrogen) atoms. The van der Waals surface area contributed by atoms with E-state index in [1.54, 1.807) is 0 Å². The molecule has 4 heteroatoms. The Kier molecular flexibility index (Phi) is 4.20. The summed E-state index contributed by atoms with van der Waals surface area (Å²) in [6, 6.07) is 7.77. The van der Waals surface area contributed by atoms with Gasteiger partial charge in [-0.05, 0) is 24.5 Å². The number of carbonyl (C=O) groups is 1. The van der Waals surface area contributed by atoms with Crippen molar-refractivity contribution in [2.24, 2.45) is 0 Å². The van der Waals surface area contributed by atoms with Crippen LogP contribution in [-0.4, -0.2) is 30.2 Å². The lowest BCUT2D eigenvalue weighted by Crippen LogP contribution is -2.41. The Labute approximate surface area is 107 Å². The number of carbonyl (C=O) groups excluding carboxylic acids is 1. The minimum Gasteiger partial charge on any atom is -0.394 e. The van der Waals surface area contributed by atoms with Crippen molar-refractivity contribution in [1.29, 1.82) is 0 Å². The summed E-state index contributed by atoms with van der Waals surface area (Å²) in [5, 5.41) is 15.4. The van der Waals surface area contributed by atoms with Gasteiger partial charge in [-0.1, -0.05) is 25.1 Å². The molecule has 2 rings (SSSR count). The van der Waals surface area contributed by atoms with Crippen LogP contribution in [0.4, 0.5) is 5.69 Å². The van der Waals surface area contributed by atoms with E-state index in [1.807, 2.05) is 31.2 Å². The molecule has 1 unspecified atom stereocenters. The van der Waals surface area contributed by atoms with E-state index in [2.05, 4.69) is 10.6 Å². The van der Waals surface area contributed by atoms with Crippen LogP contribution in [0.25, 0.3) is 0 Å². The number of fused-ring (bicyclic) bond motifs is 1. The van der Waals surface area contributed by atoms with Gasteiger partial charge in [0, 0.05) is 12.2 Å². The van der Waals surface area contributed by atoms with Crippen LogP contribution >= 0.6 is 0 Å². The van der Waals surface area contributed by atoms with E-state index in [1.165, 1.54) is 0 Å². The van der Waals surface area contributed by atoms with Gasteiger partial charge in [-0.25, -0.2) is 0 Å². The van der Waals surface area contributed by atoms with Crippen LogP contribution in [0.15, 0.2) is 24.3 Å². The normalized spacial score (nSPS) is 19.6. The number of anilines is 1. The Hall–Kier alpha value is -1.55. The number of para-hydroxylation sites is 1. The fourth-order valence-corrected chi connectivity index (χ4v) is 2.32. The van der Waals surface area contributed by atoms with Crippen LogP contribution in [0.1, 0.15) is 31.2 Å². The Morgan fingerprint density at radius 3 is 3.06 bits per heavy atom.